The average Bonchev–Trinajstić information content (AvgIpc) is 2.85. The molecule has 7 heteroatoms. The number of sulfonamides is 1. The molecule has 0 aliphatic carbocycles. The van der Waals surface area contributed by atoms with Gasteiger partial charge in [0.2, 0.25) is 10.0 Å². The Balaban J connectivity index is 1.88. The number of fused-ring (bicyclic) bond motifs is 1. The zero-order chi connectivity index (χ0) is 14.3. The standard InChI is InChI=1S/C13H16BrFN2O2S/c14-12-5-11(15)1-2-13(12)20(18,19)17-4-3-9-6-16-7-10(9)8-17/h1-2,5,9-10,16H,3-4,6-8H2. The average molecular weight is 363 g/mol. The SMILES string of the molecule is O=S(=O)(c1ccc(F)cc1Br)N1CCC2CNCC2C1. The Labute approximate surface area is 126 Å². The van der Waals surface area contributed by atoms with E-state index in [1.807, 2.05) is 0 Å². The first-order valence-electron chi connectivity index (χ1n) is 6.64. The van der Waals surface area contributed by atoms with Crippen LogP contribution in [-0.4, -0.2) is 38.9 Å². The Hall–Kier alpha value is -0.500. The van der Waals surface area contributed by atoms with Gasteiger partial charge < -0.3 is 5.32 Å². The summed E-state index contributed by atoms with van der Waals surface area (Å²) in [6, 6.07) is 3.70. The third kappa shape index (κ3) is 2.52. The summed E-state index contributed by atoms with van der Waals surface area (Å²) in [6.45, 7) is 2.94. The maximum atomic E-state index is 13.1. The maximum Gasteiger partial charge on any atom is 0.244 e. The fraction of sp³-hybridized carbons (Fsp3) is 0.538. The normalized spacial score (nSPS) is 27.5. The van der Waals surface area contributed by atoms with E-state index in [1.165, 1.54) is 22.5 Å². The number of rotatable bonds is 2. The first kappa shape index (κ1) is 14.4. The summed E-state index contributed by atoms with van der Waals surface area (Å²) < 4.78 is 40.2. The summed E-state index contributed by atoms with van der Waals surface area (Å²) in [4.78, 5) is 0.142. The van der Waals surface area contributed by atoms with Gasteiger partial charge in [-0.15, -0.1) is 0 Å². The first-order chi connectivity index (χ1) is 9.48. The van der Waals surface area contributed by atoms with Crippen molar-refractivity contribution in [3.63, 3.8) is 0 Å². The zero-order valence-electron chi connectivity index (χ0n) is 10.9. The highest BCUT2D eigenvalue weighted by atomic mass is 79.9. The number of nitrogens with zero attached hydrogens (tertiary/aromatic N) is 1. The number of hydrogen-bond acceptors (Lipinski definition) is 3. The lowest BCUT2D eigenvalue weighted by atomic mass is 9.90. The molecule has 2 atom stereocenters. The molecule has 0 aromatic heterocycles. The molecule has 110 valence electrons. The largest absolute Gasteiger partial charge is 0.316 e. The lowest BCUT2D eigenvalue weighted by Gasteiger charge is -2.33. The van der Waals surface area contributed by atoms with Gasteiger partial charge >= 0.3 is 0 Å². The molecule has 4 nitrogen and oxygen atoms in total. The molecule has 0 radical (unpaired) electrons. The Morgan fingerprint density at radius 2 is 2.05 bits per heavy atom. The van der Waals surface area contributed by atoms with Gasteiger partial charge in [-0.05, 0) is 65.5 Å². The number of hydrogen-bond donors (Lipinski definition) is 1. The first-order valence-corrected chi connectivity index (χ1v) is 8.87. The van der Waals surface area contributed by atoms with Gasteiger partial charge in [0, 0.05) is 17.6 Å². The molecule has 1 N–H and O–H groups in total. The molecule has 0 spiro atoms. The predicted octanol–water partition coefficient (Wildman–Crippen LogP) is 1.82. The van der Waals surface area contributed by atoms with Crippen molar-refractivity contribution in [2.45, 2.75) is 11.3 Å². The van der Waals surface area contributed by atoms with E-state index in [2.05, 4.69) is 21.2 Å². The van der Waals surface area contributed by atoms with Crippen LogP contribution in [0.15, 0.2) is 27.6 Å². The van der Waals surface area contributed by atoms with Gasteiger partial charge in [-0.3, -0.25) is 0 Å². The van der Waals surface area contributed by atoms with Crippen LogP contribution in [-0.2, 0) is 10.0 Å². The molecule has 2 heterocycles. The van der Waals surface area contributed by atoms with E-state index < -0.39 is 15.8 Å². The van der Waals surface area contributed by atoms with Crippen LogP contribution >= 0.6 is 15.9 Å². The quantitative estimate of drug-likeness (QED) is 0.872. The number of halogens is 2. The van der Waals surface area contributed by atoms with E-state index in [0.29, 0.717) is 24.9 Å². The summed E-state index contributed by atoms with van der Waals surface area (Å²) in [7, 11) is -3.56. The van der Waals surface area contributed by atoms with Crippen LogP contribution in [0.4, 0.5) is 4.39 Å². The lowest BCUT2D eigenvalue weighted by Crippen LogP contribution is -2.43. The molecule has 2 saturated heterocycles. The molecule has 0 bridgehead atoms. The van der Waals surface area contributed by atoms with Crippen molar-refractivity contribution in [3.8, 4) is 0 Å². The minimum atomic E-state index is -3.56. The topological polar surface area (TPSA) is 49.4 Å². The molecular weight excluding hydrogens is 347 g/mol. The van der Waals surface area contributed by atoms with Gasteiger partial charge in [-0.25, -0.2) is 12.8 Å². The van der Waals surface area contributed by atoms with E-state index in [4.69, 9.17) is 0 Å². The third-order valence-corrected chi connectivity index (χ3v) is 7.02. The molecule has 0 amide bonds. The van der Waals surface area contributed by atoms with E-state index in [-0.39, 0.29) is 9.37 Å². The van der Waals surface area contributed by atoms with Crippen LogP contribution in [0.5, 0.6) is 0 Å². The molecule has 2 aliphatic rings. The van der Waals surface area contributed by atoms with Gasteiger partial charge in [0.05, 0.1) is 4.90 Å². The molecule has 2 aliphatic heterocycles. The van der Waals surface area contributed by atoms with Crippen molar-refractivity contribution in [2.75, 3.05) is 26.2 Å². The van der Waals surface area contributed by atoms with Crippen molar-refractivity contribution in [1.82, 2.24) is 9.62 Å². The minimum absolute atomic E-state index is 0.142. The zero-order valence-corrected chi connectivity index (χ0v) is 13.3. The summed E-state index contributed by atoms with van der Waals surface area (Å²) in [5, 5.41) is 3.31. The number of piperidine rings is 1. The van der Waals surface area contributed by atoms with E-state index in [0.717, 1.165) is 19.5 Å². The van der Waals surface area contributed by atoms with Gasteiger partial charge in [-0.1, -0.05) is 0 Å². The molecule has 1 aromatic carbocycles. The van der Waals surface area contributed by atoms with Crippen molar-refractivity contribution < 1.29 is 12.8 Å². The fourth-order valence-electron chi connectivity index (χ4n) is 3.04. The maximum absolute atomic E-state index is 13.1. The van der Waals surface area contributed by atoms with E-state index in [9.17, 15) is 12.8 Å². The van der Waals surface area contributed by atoms with E-state index >= 15 is 0 Å². The minimum Gasteiger partial charge on any atom is -0.316 e. The molecule has 3 rings (SSSR count). The molecule has 20 heavy (non-hydrogen) atoms. The van der Waals surface area contributed by atoms with Crippen molar-refractivity contribution >= 4 is 26.0 Å². The molecule has 2 fully saturated rings. The lowest BCUT2D eigenvalue weighted by molar-refractivity contribution is 0.228. The van der Waals surface area contributed by atoms with Gasteiger partial charge in [-0.2, -0.15) is 4.31 Å². The highest BCUT2D eigenvalue weighted by Crippen LogP contribution is 2.32. The number of nitrogens with one attached hydrogen (secondary N) is 1. The second-order valence-corrected chi connectivity index (χ2v) is 8.17. The van der Waals surface area contributed by atoms with Crippen LogP contribution in [0.25, 0.3) is 0 Å². The van der Waals surface area contributed by atoms with Crippen LogP contribution in [0.1, 0.15) is 6.42 Å². The van der Waals surface area contributed by atoms with Crippen LogP contribution in [0.2, 0.25) is 0 Å². The Bertz CT molecular complexity index is 623. The van der Waals surface area contributed by atoms with E-state index in [1.54, 1.807) is 0 Å². The Morgan fingerprint density at radius 3 is 2.80 bits per heavy atom. The summed E-state index contributed by atoms with van der Waals surface area (Å²) in [6.07, 6.45) is 0.885. The summed E-state index contributed by atoms with van der Waals surface area (Å²) >= 11 is 3.15. The predicted molar refractivity (Wildman–Crippen MR) is 77.3 cm³/mol. The van der Waals surface area contributed by atoms with Gasteiger partial charge in [0.25, 0.3) is 0 Å². The van der Waals surface area contributed by atoms with Crippen LogP contribution in [0.3, 0.4) is 0 Å². The van der Waals surface area contributed by atoms with Crippen LogP contribution < -0.4 is 5.32 Å². The second-order valence-electron chi connectivity index (χ2n) is 5.40. The van der Waals surface area contributed by atoms with Crippen molar-refractivity contribution in [3.05, 3.63) is 28.5 Å². The highest BCUT2D eigenvalue weighted by Gasteiger charge is 2.38. The Morgan fingerprint density at radius 1 is 1.30 bits per heavy atom. The summed E-state index contributed by atoms with van der Waals surface area (Å²) in [5.41, 5.74) is 0. The second kappa shape index (κ2) is 5.36. The molecule has 0 saturated carbocycles. The Kier molecular flexibility index (Phi) is 3.87. The third-order valence-electron chi connectivity index (χ3n) is 4.18. The van der Waals surface area contributed by atoms with Crippen LogP contribution in [0, 0.1) is 17.7 Å². The fourth-order valence-corrected chi connectivity index (χ4v) is 5.56. The van der Waals surface area contributed by atoms with Gasteiger partial charge in [0.1, 0.15) is 5.82 Å². The van der Waals surface area contributed by atoms with Crippen molar-refractivity contribution in [2.24, 2.45) is 11.8 Å². The smallest absolute Gasteiger partial charge is 0.244 e. The molecular formula is C13H16BrFN2O2S. The molecule has 1 aromatic rings. The molecule has 2 unspecified atom stereocenters. The number of benzene rings is 1. The van der Waals surface area contributed by atoms with Gasteiger partial charge in [0.15, 0.2) is 0 Å². The highest BCUT2D eigenvalue weighted by molar-refractivity contribution is 9.10. The van der Waals surface area contributed by atoms with Crippen molar-refractivity contribution in [1.29, 1.82) is 0 Å². The monoisotopic (exact) mass is 362 g/mol. The summed E-state index contributed by atoms with van der Waals surface area (Å²) in [5.74, 6) is 0.519.